The molecule has 6 rings (SSSR count). The molecule has 186 valence electrons. The minimum absolute atomic E-state index is 0.659. The van der Waals surface area contributed by atoms with Crippen molar-refractivity contribution >= 4 is 39.2 Å². The highest BCUT2D eigenvalue weighted by Gasteiger charge is 2.19. The number of rotatable bonds is 6. The van der Waals surface area contributed by atoms with Crippen LogP contribution in [0.5, 0.6) is 0 Å². The van der Waals surface area contributed by atoms with Crippen molar-refractivity contribution in [2.45, 2.75) is 0 Å². The highest BCUT2D eigenvalue weighted by atomic mass is 15.1. The van der Waals surface area contributed by atoms with Crippen LogP contribution < -0.4 is 9.80 Å². The number of fused-ring (bicyclic) bond motifs is 1. The molecule has 0 aliphatic rings. The third-order valence-corrected chi connectivity index (χ3v) is 7.22. The Labute approximate surface area is 229 Å². The van der Waals surface area contributed by atoms with Crippen molar-refractivity contribution in [3.63, 3.8) is 0 Å². The van der Waals surface area contributed by atoms with Crippen LogP contribution in [0.1, 0.15) is 5.56 Å². The van der Waals surface area contributed by atoms with Gasteiger partial charge in [0.05, 0.1) is 11.6 Å². The molecule has 0 bridgehead atoms. The minimum atomic E-state index is 0.659. The molecule has 0 saturated heterocycles. The van der Waals surface area contributed by atoms with E-state index >= 15 is 0 Å². The predicted octanol–water partition coefficient (Wildman–Crippen LogP) is 8.33. The van der Waals surface area contributed by atoms with Crippen molar-refractivity contribution in [2.75, 3.05) is 11.9 Å². The molecule has 6 aromatic rings. The van der Waals surface area contributed by atoms with Crippen molar-refractivity contribution in [1.29, 1.82) is 5.26 Å². The molecular weight excluding hydrogens is 474 g/mol. The Morgan fingerprint density at radius 2 is 1.13 bits per heavy atom. The molecule has 0 amide bonds. The quantitative estimate of drug-likeness (QED) is 0.248. The summed E-state index contributed by atoms with van der Waals surface area (Å²) in [6.45, 7) is 0. The van der Waals surface area contributed by atoms with Gasteiger partial charge in [-0.3, -0.25) is 0 Å². The number of hydrogen-bond acceptors (Lipinski definition) is 2. The lowest BCUT2D eigenvalue weighted by atomic mass is 10.0. The average Bonchev–Trinajstić information content (AvgIpc) is 3.02. The first kappa shape index (κ1) is 24.2. The summed E-state index contributed by atoms with van der Waals surface area (Å²) in [5.41, 5.74) is 8.65. The largest absolute Gasteiger partial charge is 0.345 e. The van der Waals surface area contributed by atoms with E-state index in [4.69, 9.17) is 0 Å². The fourth-order valence-electron chi connectivity index (χ4n) is 5.09. The Hall–Kier alpha value is -5.17. The number of quaternary nitrogens is 1. The van der Waals surface area contributed by atoms with Gasteiger partial charge in [0.1, 0.15) is 17.1 Å². The minimum Gasteiger partial charge on any atom is -0.345 e. The predicted molar refractivity (Wildman–Crippen MR) is 161 cm³/mol. The molecule has 0 aliphatic heterocycles. The highest BCUT2D eigenvalue weighted by molar-refractivity contribution is 5.84. The van der Waals surface area contributed by atoms with Gasteiger partial charge in [-0.1, -0.05) is 60.7 Å². The monoisotopic (exact) mass is 502 g/mol. The standard InChI is InChI=1S/C36H27N3/c1-38(35-13-7-8-27(24-35)26-37)32-19-14-29(15-20-32)30-16-21-34(22-17-30)39(33-11-3-2-4-12-33)36-23-18-28-9-5-6-10-31(28)25-36/h2-25H,1H3/p+1. The van der Waals surface area contributed by atoms with E-state index in [1.807, 2.05) is 31.3 Å². The molecule has 6 aromatic carbocycles. The summed E-state index contributed by atoms with van der Waals surface area (Å²) in [7, 11) is 2.02. The smallest absolute Gasteiger partial charge is 0.141 e. The summed E-state index contributed by atoms with van der Waals surface area (Å²) < 4.78 is 0. The number of nitrogens with zero attached hydrogens (tertiary/aromatic N) is 2. The first-order chi connectivity index (χ1) is 19.2. The Morgan fingerprint density at radius 1 is 0.513 bits per heavy atom. The normalized spacial score (nSPS) is 11.6. The van der Waals surface area contributed by atoms with Gasteiger partial charge in [-0.2, -0.15) is 5.26 Å². The maximum Gasteiger partial charge on any atom is 0.141 e. The molecule has 3 nitrogen and oxygen atoms in total. The number of para-hydroxylation sites is 1. The number of benzene rings is 6. The van der Waals surface area contributed by atoms with Gasteiger partial charge in [-0.05, 0) is 82.6 Å². The summed E-state index contributed by atoms with van der Waals surface area (Å²) in [6, 6.07) is 53.1. The second kappa shape index (κ2) is 10.7. The van der Waals surface area contributed by atoms with Crippen molar-refractivity contribution in [2.24, 2.45) is 0 Å². The van der Waals surface area contributed by atoms with Gasteiger partial charge in [0.15, 0.2) is 0 Å². The first-order valence-electron chi connectivity index (χ1n) is 13.1. The Balaban J connectivity index is 1.30. The van der Waals surface area contributed by atoms with Crippen molar-refractivity contribution in [3.05, 3.63) is 151 Å². The van der Waals surface area contributed by atoms with Crippen LogP contribution in [0.4, 0.5) is 28.4 Å². The molecule has 0 radical (unpaired) electrons. The number of nitriles is 1. The van der Waals surface area contributed by atoms with Gasteiger partial charge in [0.25, 0.3) is 0 Å². The van der Waals surface area contributed by atoms with E-state index in [0.717, 1.165) is 16.9 Å². The summed E-state index contributed by atoms with van der Waals surface area (Å²) in [4.78, 5) is 3.32. The van der Waals surface area contributed by atoms with Crippen LogP contribution in [0.2, 0.25) is 0 Å². The average molecular weight is 503 g/mol. The fraction of sp³-hybridized carbons (Fsp3) is 0.0278. The second-order valence-corrected chi connectivity index (χ2v) is 9.65. The molecule has 0 spiro atoms. The van der Waals surface area contributed by atoms with Gasteiger partial charge in [-0.25, -0.2) is 4.90 Å². The van der Waals surface area contributed by atoms with E-state index in [-0.39, 0.29) is 0 Å². The number of anilines is 2. The molecule has 39 heavy (non-hydrogen) atoms. The third-order valence-electron chi connectivity index (χ3n) is 7.22. The lowest BCUT2D eigenvalue weighted by Gasteiger charge is -2.20. The van der Waals surface area contributed by atoms with E-state index in [0.29, 0.717) is 5.56 Å². The van der Waals surface area contributed by atoms with Crippen LogP contribution in [0.25, 0.3) is 21.9 Å². The zero-order valence-corrected chi connectivity index (χ0v) is 21.8. The van der Waals surface area contributed by atoms with Gasteiger partial charge < -0.3 is 4.90 Å². The first-order valence-corrected chi connectivity index (χ1v) is 13.1. The maximum absolute atomic E-state index is 9.23. The Bertz CT molecular complexity index is 1770. The van der Waals surface area contributed by atoms with E-state index in [2.05, 4.69) is 132 Å². The van der Waals surface area contributed by atoms with Gasteiger partial charge >= 0.3 is 0 Å². The summed E-state index contributed by atoms with van der Waals surface area (Å²) >= 11 is 0. The number of hydrogen-bond donors (Lipinski definition) is 1. The molecule has 0 aliphatic carbocycles. The summed E-state index contributed by atoms with van der Waals surface area (Å²) in [6.07, 6.45) is 0. The topological polar surface area (TPSA) is 31.5 Å². The van der Waals surface area contributed by atoms with Crippen molar-refractivity contribution in [1.82, 2.24) is 0 Å². The summed E-state index contributed by atoms with van der Waals surface area (Å²) in [5, 5.41) is 11.7. The van der Waals surface area contributed by atoms with E-state index in [9.17, 15) is 5.26 Å². The molecule has 0 heterocycles. The van der Waals surface area contributed by atoms with Crippen LogP contribution in [-0.4, -0.2) is 7.05 Å². The van der Waals surface area contributed by atoms with Crippen LogP contribution in [-0.2, 0) is 0 Å². The molecule has 0 aromatic heterocycles. The van der Waals surface area contributed by atoms with Gasteiger partial charge in [0.2, 0.25) is 0 Å². The third kappa shape index (κ3) is 5.02. The van der Waals surface area contributed by atoms with Crippen LogP contribution in [0.3, 0.4) is 0 Å². The molecule has 1 unspecified atom stereocenters. The Kier molecular flexibility index (Phi) is 6.62. The lowest BCUT2D eigenvalue weighted by Crippen LogP contribution is -2.96. The zero-order chi connectivity index (χ0) is 26.6. The fourth-order valence-corrected chi connectivity index (χ4v) is 5.09. The van der Waals surface area contributed by atoms with Crippen molar-refractivity contribution in [3.8, 4) is 17.2 Å². The van der Waals surface area contributed by atoms with Crippen LogP contribution in [0, 0.1) is 11.3 Å². The summed E-state index contributed by atoms with van der Waals surface area (Å²) in [5.74, 6) is 0. The van der Waals surface area contributed by atoms with Gasteiger partial charge in [0, 0.05) is 42.7 Å². The molecule has 0 fully saturated rings. The van der Waals surface area contributed by atoms with E-state index in [1.54, 1.807) is 0 Å². The van der Waals surface area contributed by atoms with Crippen LogP contribution >= 0.6 is 0 Å². The SMILES string of the molecule is CN(c1ccc(-c2ccc([NH+](c3ccccc3)c3ccc4ccccc4c3)cc2)cc1)c1cccc(C#N)c1. The lowest BCUT2D eigenvalue weighted by molar-refractivity contribution is -0.681. The highest BCUT2D eigenvalue weighted by Crippen LogP contribution is 2.29. The van der Waals surface area contributed by atoms with Crippen LogP contribution in [0.15, 0.2) is 146 Å². The zero-order valence-electron chi connectivity index (χ0n) is 21.8. The molecule has 1 atom stereocenters. The second-order valence-electron chi connectivity index (χ2n) is 9.65. The van der Waals surface area contributed by atoms with E-state index in [1.165, 1.54) is 38.3 Å². The molecule has 1 N–H and O–H groups in total. The van der Waals surface area contributed by atoms with E-state index < -0.39 is 0 Å². The molecule has 3 heteroatoms. The molecule has 0 saturated carbocycles. The number of nitrogens with one attached hydrogen (secondary N) is 1. The maximum atomic E-state index is 9.23. The molecular formula is C36H28N3+. The van der Waals surface area contributed by atoms with Crippen molar-refractivity contribution < 1.29 is 4.90 Å². The Morgan fingerprint density at radius 3 is 1.85 bits per heavy atom. The van der Waals surface area contributed by atoms with Gasteiger partial charge in [-0.15, -0.1) is 0 Å².